The molecule has 0 unspecified atom stereocenters. The molecule has 2 rings (SSSR count). The second-order valence-electron chi connectivity index (χ2n) is 5.36. The summed E-state index contributed by atoms with van der Waals surface area (Å²) in [7, 11) is 0. The summed E-state index contributed by atoms with van der Waals surface area (Å²) in [6.45, 7) is 3.91. The number of hydrogen-bond acceptors (Lipinski definition) is 5. The molecule has 7 heteroatoms. The molecule has 1 aromatic heterocycles. The summed E-state index contributed by atoms with van der Waals surface area (Å²) < 4.78 is 0. The zero-order chi connectivity index (χ0) is 15.4. The van der Waals surface area contributed by atoms with Gasteiger partial charge in [-0.1, -0.05) is 0 Å². The number of carbonyl (C=O) groups is 2. The number of piperidine rings is 1. The van der Waals surface area contributed by atoms with E-state index in [0.717, 1.165) is 31.7 Å². The van der Waals surface area contributed by atoms with Crippen LogP contribution in [0, 0.1) is 5.92 Å². The van der Waals surface area contributed by atoms with E-state index in [-0.39, 0.29) is 5.91 Å². The van der Waals surface area contributed by atoms with Crippen molar-refractivity contribution in [2.45, 2.75) is 19.8 Å². The van der Waals surface area contributed by atoms with E-state index in [1.165, 1.54) is 13.1 Å². The number of hydrogen-bond donors (Lipinski definition) is 3. The van der Waals surface area contributed by atoms with Crippen molar-refractivity contribution in [2.24, 2.45) is 11.7 Å². The first kappa shape index (κ1) is 15.1. The zero-order valence-electron chi connectivity index (χ0n) is 12.1. The Labute approximate surface area is 123 Å². The molecule has 1 saturated heterocycles. The Morgan fingerprint density at radius 3 is 2.67 bits per heavy atom. The van der Waals surface area contributed by atoms with Crippen LogP contribution in [0.3, 0.4) is 0 Å². The third-order valence-corrected chi connectivity index (χ3v) is 3.76. The van der Waals surface area contributed by atoms with E-state index in [0.29, 0.717) is 23.7 Å². The van der Waals surface area contributed by atoms with E-state index < -0.39 is 5.91 Å². The number of nitrogen functional groups attached to an aromatic ring is 1. The van der Waals surface area contributed by atoms with Crippen LogP contribution < -0.4 is 21.7 Å². The number of aromatic nitrogens is 1. The van der Waals surface area contributed by atoms with E-state index in [1.807, 2.05) is 0 Å². The predicted octanol–water partition coefficient (Wildman–Crippen LogP) is 0.115. The summed E-state index contributed by atoms with van der Waals surface area (Å²) in [5.74, 6) is 0.658. The largest absolute Gasteiger partial charge is 0.397 e. The molecule has 7 nitrogen and oxygen atoms in total. The molecular weight excluding hydrogens is 270 g/mol. The predicted molar refractivity (Wildman–Crippen MR) is 80.8 cm³/mol. The zero-order valence-corrected chi connectivity index (χ0v) is 12.1. The SMILES string of the molecule is CC(=O)NCC1CCN(c2cc(C(N)=O)c(N)cn2)CC1. The van der Waals surface area contributed by atoms with Gasteiger partial charge in [-0.3, -0.25) is 9.59 Å². The molecule has 0 spiro atoms. The molecule has 5 N–H and O–H groups in total. The van der Waals surface area contributed by atoms with Crippen molar-refractivity contribution < 1.29 is 9.59 Å². The van der Waals surface area contributed by atoms with E-state index in [4.69, 9.17) is 11.5 Å². The Morgan fingerprint density at radius 1 is 1.43 bits per heavy atom. The summed E-state index contributed by atoms with van der Waals surface area (Å²) in [4.78, 5) is 28.6. The standard InChI is InChI=1S/C14H21N5O2/c1-9(20)17-7-10-2-4-19(5-3-10)13-6-11(14(16)21)12(15)8-18-13/h6,8,10H,2-5,7,15H2,1H3,(H2,16,21)(H,17,20). The lowest BCUT2D eigenvalue weighted by Crippen LogP contribution is -2.38. The molecule has 0 bridgehead atoms. The maximum atomic E-state index is 11.3. The number of nitrogens with two attached hydrogens (primary N) is 2. The lowest BCUT2D eigenvalue weighted by molar-refractivity contribution is -0.119. The van der Waals surface area contributed by atoms with Crippen LogP contribution in [0.15, 0.2) is 12.3 Å². The van der Waals surface area contributed by atoms with Crippen molar-refractivity contribution in [3.63, 3.8) is 0 Å². The lowest BCUT2D eigenvalue weighted by Gasteiger charge is -2.33. The summed E-state index contributed by atoms with van der Waals surface area (Å²) in [5, 5.41) is 2.85. The lowest BCUT2D eigenvalue weighted by atomic mass is 9.96. The van der Waals surface area contributed by atoms with Gasteiger partial charge >= 0.3 is 0 Å². The van der Waals surface area contributed by atoms with E-state index in [9.17, 15) is 9.59 Å². The van der Waals surface area contributed by atoms with Gasteiger partial charge in [-0.15, -0.1) is 0 Å². The molecule has 21 heavy (non-hydrogen) atoms. The molecular formula is C14H21N5O2. The van der Waals surface area contributed by atoms with Crippen molar-refractivity contribution in [3.05, 3.63) is 17.8 Å². The van der Waals surface area contributed by atoms with Crippen molar-refractivity contribution in [2.75, 3.05) is 30.3 Å². The minimum absolute atomic E-state index is 0.00345. The smallest absolute Gasteiger partial charge is 0.250 e. The normalized spacial score (nSPS) is 15.8. The summed E-state index contributed by atoms with van der Waals surface area (Å²) in [6, 6.07) is 1.64. The minimum Gasteiger partial charge on any atom is -0.397 e. The van der Waals surface area contributed by atoms with Crippen LogP contribution in [0.25, 0.3) is 0 Å². The van der Waals surface area contributed by atoms with Crippen LogP contribution in [0.2, 0.25) is 0 Å². The first-order valence-electron chi connectivity index (χ1n) is 7.02. The van der Waals surface area contributed by atoms with Crippen LogP contribution in [0.1, 0.15) is 30.1 Å². The maximum Gasteiger partial charge on any atom is 0.250 e. The maximum absolute atomic E-state index is 11.3. The number of amides is 2. The fraction of sp³-hybridized carbons (Fsp3) is 0.500. The molecule has 0 aromatic carbocycles. The fourth-order valence-corrected chi connectivity index (χ4v) is 2.50. The highest BCUT2D eigenvalue weighted by atomic mass is 16.1. The molecule has 0 radical (unpaired) electrons. The van der Waals surface area contributed by atoms with Gasteiger partial charge in [0.05, 0.1) is 17.4 Å². The molecule has 0 atom stereocenters. The highest BCUT2D eigenvalue weighted by Gasteiger charge is 2.21. The van der Waals surface area contributed by atoms with Gasteiger partial charge in [0.25, 0.3) is 5.91 Å². The molecule has 2 heterocycles. The van der Waals surface area contributed by atoms with Gasteiger partial charge < -0.3 is 21.7 Å². The Hall–Kier alpha value is -2.31. The van der Waals surface area contributed by atoms with Crippen molar-refractivity contribution in [3.8, 4) is 0 Å². The molecule has 1 aliphatic rings. The number of nitrogens with one attached hydrogen (secondary N) is 1. The minimum atomic E-state index is -0.545. The molecule has 2 amide bonds. The molecule has 0 aliphatic carbocycles. The van der Waals surface area contributed by atoms with Gasteiger partial charge in [0.2, 0.25) is 5.91 Å². The van der Waals surface area contributed by atoms with E-state index >= 15 is 0 Å². The van der Waals surface area contributed by atoms with Crippen LogP contribution in [0.4, 0.5) is 11.5 Å². The molecule has 114 valence electrons. The number of carbonyl (C=O) groups excluding carboxylic acids is 2. The number of rotatable bonds is 4. The number of primary amides is 1. The average Bonchev–Trinajstić information content (AvgIpc) is 2.46. The summed E-state index contributed by atoms with van der Waals surface area (Å²) in [5.41, 5.74) is 11.6. The number of anilines is 2. The highest BCUT2D eigenvalue weighted by Crippen LogP contribution is 2.23. The van der Waals surface area contributed by atoms with E-state index in [2.05, 4.69) is 15.2 Å². The van der Waals surface area contributed by atoms with Gasteiger partial charge in [-0.25, -0.2) is 4.98 Å². The Kier molecular flexibility index (Phi) is 4.62. The van der Waals surface area contributed by atoms with Crippen LogP contribution >= 0.6 is 0 Å². The molecule has 0 saturated carbocycles. The first-order valence-corrected chi connectivity index (χ1v) is 7.02. The van der Waals surface area contributed by atoms with Crippen molar-refractivity contribution >= 4 is 23.3 Å². The second-order valence-corrected chi connectivity index (χ2v) is 5.36. The van der Waals surface area contributed by atoms with Gasteiger partial charge in [-0.2, -0.15) is 0 Å². The number of nitrogens with zero attached hydrogens (tertiary/aromatic N) is 2. The Bertz CT molecular complexity index is 538. The van der Waals surface area contributed by atoms with Crippen molar-refractivity contribution in [1.82, 2.24) is 10.3 Å². The van der Waals surface area contributed by atoms with Gasteiger partial charge in [0.1, 0.15) is 5.82 Å². The third kappa shape index (κ3) is 3.84. The van der Waals surface area contributed by atoms with Crippen LogP contribution in [-0.2, 0) is 4.79 Å². The fourth-order valence-electron chi connectivity index (χ4n) is 2.50. The van der Waals surface area contributed by atoms with Crippen LogP contribution in [-0.4, -0.2) is 36.4 Å². The molecule has 1 aromatic rings. The number of pyridine rings is 1. The average molecular weight is 291 g/mol. The van der Waals surface area contributed by atoms with E-state index in [1.54, 1.807) is 6.07 Å². The summed E-state index contributed by atoms with van der Waals surface area (Å²) in [6.07, 6.45) is 3.41. The van der Waals surface area contributed by atoms with Crippen molar-refractivity contribution in [1.29, 1.82) is 0 Å². The third-order valence-electron chi connectivity index (χ3n) is 3.76. The summed E-state index contributed by atoms with van der Waals surface area (Å²) >= 11 is 0. The Balaban J connectivity index is 1.97. The Morgan fingerprint density at radius 2 is 2.10 bits per heavy atom. The van der Waals surface area contributed by atoms with Gasteiger partial charge in [-0.05, 0) is 24.8 Å². The molecule has 1 aliphatic heterocycles. The molecule has 1 fully saturated rings. The van der Waals surface area contributed by atoms with Gasteiger partial charge in [0.15, 0.2) is 0 Å². The van der Waals surface area contributed by atoms with Gasteiger partial charge in [0, 0.05) is 26.6 Å². The second kappa shape index (κ2) is 6.43. The van der Waals surface area contributed by atoms with Crippen LogP contribution in [0.5, 0.6) is 0 Å². The first-order chi connectivity index (χ1) is 9.97. The topological polar surface area (TPSA) is 114 Å². The quantitative estimate of drug-likeness (QED) is 0.728. The monoisotopic (exact) mass is 291 g/mol. The highest BCUT2D eigenvalue weighted by molar-refractivity contribution is 5.98.